The molecule has 0 heterocycles. The zero-order valence-electron chi connectivity index (χ0n) is 13.5. The number of benzene rings is 1. The van der Waals surface area contributed by atoms with Crippen LogP contribution in [0, 0.1) is 12.8 Å². The molecule has 0 atom stereocenters. The Bertz CT molecular complexity index is 389. The SMILES string of the molecule is Cc1ccc(OCCOC(C)C)c(CNCC(C)C)c1. The van der Waals surface area contributed by atoms with E-state index in [4.69, 9.17) is 9.47 Å². The van der Waals surface area contributed by atoms with E-state index in [0.29, 0.717) is 19.1 Å². The van der Waals surface area contributed by atoms with Crippen LogP contribution >= 0.6 is 0 Å². The second-order valence-corrected chi connectivity index (χ2v) is 5.90. The fraction of sp³-hybridized carbons (Fsp3) is 0.647. The number of hydrogen-bond donors (Lipinski definition) is 1. The average molecular weight is 279 g/mol. The highest BCUT2D eigenvalue weighted by Crippen LogP contribution is 2.20. The van der Waals surface area contributed by atoms with Gasteiger partial charge in [-0.1, -0.05) is 31.5 Å². The monoisotopic (exact) mass is 279 g/mol. The van der Waals surface area contributed by atoms with Crippen LogP contribution in [0.25, 0.3) is 0 Å². The van der Waals surface area contributed by atoms with Gasteiger partial charge in [0.15, 0.2) is 0 Å². The van der Waals surface area contributed by atoms with E-state index in [1.54, 1.807) is 0 Å². The van der Waals surface area contributed by atoms with E-state index in [1.807, 2.05) is 13.8 Å². The third kappa shape index (κ3) is 6.92. The van der Waals surface area contributed by atoms with Crippen molar-refractivity contribution in [2.75, 3.05) is 19.8 Å². The van der Waals surface area contributed by atoms with Crippen molar-refractivity contribution < 1.29 is 9.47 Å². The lowest BCUT2D eigenvalue weighted by molar-refractivity contribution is 0.0550. The number of aryl methyl sites for hydroxylation is 1. The largest absolute Gasteiger partial charge is 0.491 e. The first kappa shape index (κ1) is 17.0. The molecule has 0 bridgehead atoms. The van der Waals surface area contributed by atoms with E-state index in [1.165, 1.54) is 11.1 Å². The Hall–Kier alpha value is -1.06. The zero-order valence-corrected chi connectivity index (χ0v) is 13.5. The third-order valence-corrected chi connectivity index (χ3v) is 2.88. The smallest absolute Gasteiger partial charge is 0.123 e. The van der Waals surface area contributed by atoms with Gasteiger partial charge < -0.3 is 14.8 Å². The van der Waals surface area contributed by atoms with Gasteiger partial charge in [-0.25, -0.2) is 0 Å². The van der Waals surface area contributed by atoms with E-state index >= 15 is 0 Å². The summed E-state index contributed by atoms with van der Waals surface area (Å²) >= 11 is 0. The van der Waals surface area contributed by atoms with Gasteiger partial charge in [-0.2, -0.15) is 0 Å². The molecule has 0 unspecified atom stereocenters. The van der Waals surface area contributed by atoms with Crippen molar-refractivity contribution >= 4 is 0 Å². The summed E-state index contributed by atoms with van der Waals surface area (Å²) in [6, 6.07) is 6.33. The summed E-state index contributed by atoms with van der Waals surface area (Å²) in [7, 11) is 0. The molecule has 0 aliphatic rings. The molecule has 0 aliphatic heterocycles. The standard InChI is InChI=1S/C17H29NO2/c1-13(2)11-18-12-16-10-15(5)6-7-17(16)20-9-8-19-14(3)4/h6-7,10,13-14,18H,8-9,11-12H2,1-5H3. The van der Waals surface area contributed by atoms with Gasteiger partial charge in [0.2, 0.25) is 0 Å². The van der Waals surface area contributed by atoms with Crippen molar-refractivity contribution in [3.8, 4) is 5.75 Å². The Morgan fingerprint density at radius 3 is 2.50 bits per heavy atom. The van der Waals surface area contributed by atoms with Crippen molar-refractivity contribution in [2.24, 2.45) is 5.92 Å². The number of nitrogens with one attached hydrogen (secondary N) is 1. The topological polar surface area (TPSA) is 30.5 Å². The van der Waals surface area contributed by atoms with Gasteiger partial charge >= 0.3 is 0 Å². The van der Waals surface area contributed by atoms with Crippen molar-refractivity contribution in [3.05, 3.63) is 29.3 Å². The lowest BCUT2D eigenvalue weighted by atomic mass is 10.1. The van der Waals surface area contributed by atoms with Gasteiger partial charge in [-0.3, -0.25) is 0 Å². The van der Waals surface area contributed by atoms with E-state index < -0.39 is 0 Å². The highest BCUT2D eigenvalue weighted by molar-refractivity contribution is 5.36. The van der Waals surface area contributed by atoms with Crippen LogP contribution in [0.2, 0.25) is 0 Å². The molecule has 0 fully saturated rings. The van der Waals surface area contributed by atoms with Gasteiger partial charge in [0.25, 0.3) is 0 Å². The van der Waals surface area contributed by atoms with Crippen LogP contribution in [0.15, 0.2) is 18.2 Å². The second kappa shape index (κ2) is 8.98. The minimum atomic E-state index is 0.254. The molecule has 20 heavy (non-hydrogen) atoms. The molecule has 0 aliphatic carbocycles. The molecule has 114 valence electrons. The lowest BCUT2D eigenvalue weighted by Crippen LogP contribution is -2.20. The van der Waals surface area contributed by atoms with Gasteiger partial charge in [-0.15, -0.1) is 0 Å². The van der Waals surface area contributed by atoms with Crippen LogP contribution in [0.4, 0.5) is 0 Å². The third-order valence-electron chi connectivity index (χ3n) is 2.88. The molecule has 0 amide bonds. The van der Waals surface area contributed by atoms with Crippen molar-refractivity contribution in [1.82, 2.24) is 5.32 Å². The highest BCUT2D eigenvalue weighted by Gasteiger charge is 2.05. The number of rotatable bonds is 9. The second-order valence-electron chi connectivity index (χ2n) is 5.90. The van der Waals surface area contributed by atoms with E-state index in [9.17, 15) is 0 Å². The molecular formula is C17H29NO2. The fourth-order valence-electron chi connectivity index (χ4n) is 1.92. The summed E-state index contributed by atoms with van der Waals surface area (Å²) in [5, 5.41) is 3.47. The van der Waals surface area contributed by atoms with Crippen molar-refractivity contribution in [1.29, 1.82) is 0 Å². The lowest BCUT2D eigenvalue weighted by Gasteiger charge is -2.14. The molecule has 0 spiro atoms. The maximum atomic E-state index is 5.84. The Morgan fingerprint density at radius 1 is 1.10 bits per heavy atom. The Morgan fingerprint density at radius 2 is 1.85 bits per heavy atom. The van der Waals surface area contributed by atoms with Crippen LogP contribution in [0.1, 0.15) is 38.8 Å². The quantitative estimate of drug-likeness (QED) is 0.701. The van der Waals surface area contributed by atoms with Crippen LogP contribution in [0.5, 0.6) is 5.75 Å². The Kier molecular flexibility index (Phi) is 7.63. The first-order chi connectivity index (χ1) is 9.49. The molecular weight excluding hydrogens is 250 g/mol. The van der Waals surface area contributed by atoms with E-state index in [2.05, 4.69) is 44.3 Å². The molecule has 0 saturated carbocycles. The first-order valence-electron chi connectivity index (χ1n) is 7.53. The van der Waals surface area contributed by atoms with Crippen molar-refractivity contribution in [2.45, 2.75) is 47.3 Å². The van der Waals surface area contributed by atoms with Crippen LogP contribution in [-0.4, -0.2) is 25.9 Å². The average Bonchev–Trinajstić information content (AvgIpc) is 2.36. The summed E-state index contributed by atoms with van der Waals surface area (Å²) < 4.78 is 11.3. The maximum Gasteiger partial charge on any atom is 0.123 e. The van der Waals surface area contributed by atoms with Crippen LogP contribution in [-0.2, 0) is 11.3 Å². The molecule has 1 aromatic carbocycles. The molecule has 3 heteroatoms. The summed E-state index contributed by atoms with van der Waals surface area (Å²) in [4.78, 5) is 0. The number of ether oxygens (including phenoxy) is 2. The number of hydrogen-bond acceptors (Lipinski definition) is 3. The van der Waals surface area contributed by atoms with Crippen LogP contribution in [0.3, 0.4) is 0 Å². The van der Waals surface area contributed by atoms with Gasteiger partial charge in [0, 0.05) is 12.1 Å². The molecule has 0 radical (unpaired) electrons. The summed E-state index contributed by atoms with van der Waals surface area (Å²) in [5.41, 5.74) is 2.48. The van der Waals surface area contributed by atoms with E-state index in [0.717, 1.165) is 18.8 Å². The first-order valence-corrected chi connectivity index (χ1v) is 7.53. The van der Waals surface area contributed by atoms with Gasteiger partial charge in [-0.05, 0) is 39.3 Å². The zero-order chi connectivity index (χ0) is 15.0. The molecule has 1 N–H and O–H groups in total. The van der Waals surface area contributed by atoms with Crippen molar-refractivity contribution in [3.63, 3.8) is 0 Å². The fourth-order valence-corrected chi connectivity index (χ4v) is 1.92. The summed E-state index contributed by atoms with van der Waals surface area (Å²) in [5.74, 6) is 1.61. The summed E-state index contributed by atoms with van der Waals surface area (Å²) in [6.07, 6.45) is 0.254. The molecule has 1 aromatic rings. The Labute approximate surface area is 123 Å². The molecule has 1 rings (SSSR count). The normalized spacial score (nSPS) is 11.3. The predicted molar refractivity (Wildman–Crippen MR) is 84.3 cm³/mol. The minimum absolute atomic E-state index is 0.254. The maximum absolute atomic E-state index is 5.84. The van der Waals surface area contributed by atoms with E-state index in [-0.39, 0.29) is 6.10 Å². The van der Waals surface area contributed by atoms with Gasteiger partial charge in [0.05, 0.1) is 12.7 Å². The molecule has 0 aromatic heterocycles. The van der Waals surface area contributed by atoms with Gasteiger partial charge in [0.1, 0.15) is 12.4 Å². The summed E-state index contributed by atoms with van der Waals surface area (Å²) in [6.45, 7) is 13.7. The van der Waals surface area contributed by atoms with Crippen LogP contribution < -0.4 is 10.1 Å². The highest BCUT2D eigenvalue weighted by atomic mass is 16.5. The predicted octanol–water partition coefficient (Wildman–Crippen LogP) is 3.54. The minimum Gasteiger partial charge on any atom is -0.491 e. The molecule has 0 saturated heterocycles. The molecule has 3 nitrogen and oxygen atoms in total. The Balaban J connectivity index is 2.51.